The average molecular weight is 425 g/mol. The molecule has 0 amide bonds. The normalized spacial score (nSPS) is 16.2. The Labute approximate surface area is 177 Å². The van der Waals surface area contributed by atoms with Crippen LogP contribution in [0.2, 0.25) is 0 Å². The van der Waals surface area contributed by atoms with Crippen molar-refractivity contribution in [2.24, 2.45) is 4.99 Å². The number of aliphatic hydroxyl groups excluding tert-OH is 1. The highest BCUT2D eigenvalue weighted by molar-refractivity contribution is 8.18. The summed E-state index contributed by atoms with van der Waals surface area (Å²) in [6.45, 7) is 1.44. The van der Waals surface area contributed by atoms with Crippen molar-refractivity contribution in [3.63, 3.8) is 0 Å². The number of nitrogens with zero attached hydrogens (tertiary/aromatic N) is 1. The molecule has 0 atom stereocenters. The Balaban J connectivity index is 1.90. The molecule has 30 heavy (non-hydrogen) atoms. The van der Waals surface area contributed by atoms with Crippen LogP contribution in [-0.4, -0.2) is 40.4 Å². The number of rotatable bonds is 7. The van der Waals surface area contributed by atoms with Gasteiger partial charge in [0.15, 0.2) is 6.61 Å². The van der Waals surface area contributed by atoms with Gasteiger partial charge in [-0.25, -0.2) is 14.6 Å². The Morgan fingerprint density at radius 2 is 1.80 bits per heavy atom. The molecule has 154 valence electrons. The van der Waals surface area contributed by atoms with E-state index >= 15 is 0 Å². The third-order valence-electron chi connectivity index (χ3n) is 3.90. The molecule has 0 radical (unpaired) electrons. The van der Waals surface area contributed by atoms with E-state index in [2.05, 4.69) is 4.99 Å². The molecule has 0 saturated heterocycles. The number of esters is 1. The van der Waals surface area contributed by atoms with Gasteiger partial charge in [0.2, 0.25) is 0 Å². The third kappa shape index (κ3) is 5.30. The number of hydrogen-bond donors (Lipinski definition) is 2. The van der Waals surface area contributed by atoms with Gasteiger partial charge in [0, 0.05) is 0 Å². The zero-order valence-electron chi connectivity index (χ0n) is 16.1. The molecule has 0 saturated carbocycles. The fourth-order valence-electron chi connectivity index (χ4n) is 2.57. The molecule has 0 aliphatic carbocycles. The van der Waals surface area contributed by atoms with Crippen LogP contribution in [-0.2, 0) is 14.3 Å². The standard InChI is InChI=1S/C22H19NO6S/c1-2-28-22(27)19-20(26)17(30-21(19)23-15-6-4-3-5-7-15)12-14-8-10-16(11-9-14)29-13-18(24)25/h3-12,26H,2,13H2,1H3,(H,24,25)/b17-12-,23-21?. The first-order valence-electron chi connectivity index (χ1n) is 9.07. The predicted molar refractivity (Wildman–Crippen MR) is 115 cm³/mol. The lowest BCUT2D eigenvalue weighted by Gasteiger charge is -2.03. The highest BCUT2D eigenvalue weighted by Gasteiger charge is 2.33. The van der Waals surface area contributed by atoms with Gasteiger partial charge in [-0.05, 0) is 42.8 Å². The van der Waals surface area contributed by atoms with Gasteiger partial charge in [-0.1, -0.05) is 42.1 Å². The van der Waals surface area contributed by atoms with Crippen LogP contribution in [0.1, 0.15) is 12.5 Å². The molecule has 0 bridgehead atoms. The maximum atomic E-state index is 12.4. The van der Waals surface area contributed by atoms with Gasteiger partial charge in [-0.15, -0.1) is 0 Å². The number of aliphatic carboxylic acids is 1. The van der Waals surface area contributed by atoms with E-state index in [1.165, 1.54) is 11.8 Å². The summed E-state index contributed by atoms with van der Waals surface area (Å²) >= 11 is 1.17. The first kappa shape index (κ1) is 21.2. The molecule has 0 fully saturated rings. The van der Waals surface area contributed by atoms with Gasteiger partial charge in [0.1, 0.15) is 22.1 Å². The summed E-state index contributed by atoms with van der Waals surface area (Å²) in [4.78, 5) is 27.9. The fourth-order valence-corrected chi connectivity index (χ4v) is 3.60. The molecule has 2 N–H and O–H groups in total. The van der Waals surface area contributed by atoms with Gasteiger partial charge >= 0.3 is 11.9 Å². The van der Waals surface area contributed by atoms with E-state index in [4.69, 9.17) is 14.6 Å². The second-order valence-electron chi connectivity index (χ2n) is 6.06. The van der Waals surface area contributed by atoms with Crippen LogP contribution in [0.3, 0.4) is 0 Å². The van der Waals surface area contributed by atoms with Crippen molar-refractivity contribution in [2.75, 3.05) is 13.2 Å². The first-order chi connectivity index (χ1) is 14.5. The van der Waals surface area contributed by atoms with Crippen molar-refractivity contribution in [1.29, 1.82) is 0 Å². The number of carbonyl (C=O) groups excluding carboxylic acids is 1. The zero-order valence-corrected chi connectivity index (χ0v) is 16.9. The van der Waals surface area contributed by atoms with Crippen LogP contribution in [0.4, 0.5) is 5.69 Å². The highest BCUT2D eigenvalue weighted by atomic mass is 32.2. The number of para-hydroxylation sites is 1. The summed E-state index contributed by atoms with van der Waals surface area (Å²) in [5, 5.41) is 19.7. The second kappa shape index (κ2) is 9.80. The number of benzene rings is 2. The fraction of sp³-hybridized carbons (Fsp3) is 0.136. The van der Waals surface area contributed by atoms with E-state index in [-0.39, 0.29) is 17.9 Å². The molecule has 8 heteroatoms. The van der Waals surface area contributed by atoms with Gasteiger partial charge in [-0.2, -0.15) is 0 Å². The average Bonchev–Trinajstić information content (AvgIpc) is 3.03. The summed E-state index contributed by atoms with van der Waals surface area (Å²) in [5.74, 6) is -1.48. The topological polar surface area (TPSA) is 105 Å². The summed E-state index contributed by atoms with van der Waals surface area (Å²) in [6.07, 6.45) is 1.70. The number of thioether (sulfide) groups is 1. The lowest BCUT2D eigenvalue weighted by Crippen LogP contribution is -2.12. The molecule has 3 rings (SSSR count). The van der Waals surface area contributed by atoms with Crippen molar-refractivity contribution < 1.29 is 29.3 Å². The van der Waals surface area contributed by atoms with Crippen LogP contribution < -0.4 is 4.74 Å². The number of carboxylic acid groups (broad SMARTS) is 1. The number of aliphatic imine (C=N–C) groups is 1. The van der Waals surface area contributed by atoms with Crippen LogP contribution >= 0.6 is 11.8 Å². The molecule has 1 heterocycles. The van der Waals surface area contributed by atoms with Crippen LogP contribution in [0.5, 0.6) is 5.75 Å². The number of carboxylic acids is 1. The van der Waals surface area contributed by atoms with Crippen LogP contribution in [0.25, 0.3) is 6.08 Å². The lowest BCUT2D eigenvalue weighted by atomic mass is 10.1. The largest absolute Gasteiger partial charge is 0.506 e. The summed E-state index contributed by atoms with van der Waals surface area (Å²) < 4.78 is 10.2. The molecule has 0 unspecified atom stereocenters. The summed E-state index contributed by atoms with van der Waals surface area (Å²) in [6, 6.07) is 15.8. The molecule has 0 aromatic heterocycles. The summed E-state index contributed by atoms with van der Waals surface area (Å²) in [5.41, 5.74) is 1.41. The Hall–Kier alpha value is -3.52. The van der Waals surface area contributed by atoms with E-state index in [0.29, 0.717) is 21.4 Å². The van der Waals surface area contributed by atoms with Crippen molar-refractivity contribution in [3.8, 4) is 5.75 Å². The minimum absolute atomic E-state index is 0.0263. The van der Waals surface area contributed by atoms with E-state index in [9.17, 15) is 14.7 Å². The predicted octanol–water partition coefficient (Wildman–Crippen LogP) is 4.34. The maximum Gasteiger partial charge on any atom is 0.344 e. The van der Waals surface area contributed by atoms with E-state index in [0.717, 1.165) is 5.56 Å². The second-order valence-corrected chi connectivity index (χ2v) is 7.09. The van der Waals surface area contributed by atoms with Gasteiger partial charge in [0.05, 0.1) is 17.2 Å². The quantitative estimate of drug-likeness (QED) is 0.636. The highest BCUT2D eigenvalue weighted by Crippen LogP contribution is 2.40. The minimum Gasteiger partial charge on any atom is -0.506 e. The van der Waals surface area contributed by atoms with Crippen molar-refractivity contribution in [3.05, 3.63) is 76.4 Å². The Morgan fingerprint density at radius 1 is 1.10 bits per heavy atom. The lowest BCUT2D eigenvalue weighted by molar-refractivity contribution is -0.139. The van der Waals surface area contributed by atoms with E-state index in [1.807, 2.05) is 18.2 Å². The molecule has 1 aliphatic rings. The zero-order chi connectivity index (χ0) is 21.5. The van der Waals surface area contributed by atoms with Crippen molar-refractivity contribution >= 4 is 40.5 Å². The van der Waals surface area contributed by atoms with Crippen molar-refractivity contribution in [2.45, 2.75) is 6.92 Å². The number of carbonyl (C=O) groups is 2. The van der Waals surface area contributed by atoms with E-state index < -0.39 is 18.5 Å². The van der Waals surface area contributed by atoms with Crippen LogP contribution in [0.15, 0.2) is 75.8 Å². The monoisotopic (exact) mass is 425 g/mol. The molecule has 7 nitrogen and oxygen atoms in total. The minimum atomic E-state index is -1.06. The molecular weight excluding hydrogens is 406 g/mol. The number of hydrogen-bond acceptors (Lipinski definition) is 7. The Kier molecular flexibility index (Phi) is 6.92. The van der Waals surface area contributed by atoms with Gasteiger partial charge in [-0.3, -0.25) is 0 Å². The Bertz CT molecular complexity index is 1030. The van der Waals surface area contributed by atoms with Gasteiger partial charge < -0.3 is 19.7 Å². The summed E-state index contributed by atoms with van der Waals surface area (Å²) in [7, 11) is 0. The first-order valence-corrected chi connectivity index (χ1v) is 9.88. The molecule has 0 spiro atoms. The molecule has 1 aliphatic heterocycles. The molecular formula is C22H19NO6S. The third-order valence-corrected chi connectivity index (χ3v) is 4.92. The maximum absolute atomic E-state index is 12.4. The van der Waals surface area contributed by atoms with Gasteiger partial charge in [0.25, 0.3) is 0 Å². The smallest absolute Gasteiger partial charge is 0.344 e. The molecule has 2 aromatic carbocycles. The molecule has 2 aromatic rings. The van der Waals surface area contributed by atoms with Crippen molar-refractivity contribution in [1.82, 2.24) is 0 Å². The van der Waals surface area contributed by atoms with E-state index in [1.54, 1.807) is 49.4 Å². The SMILES string of the molecule is CCOC(=O)C1=C(O)/C(=C/c2ccc(OCC(=O)O)cc2)SC1=Nc1ccccc1. The number of ether oxygens (including phenoxy) is 2. The van der Waals surface area contributed by atoms with Crippen LogP contribution in [0, 0.1) is 0 Å². The Morgan fingerprint density at radius 3 is 2.43 bits per heavy atom. The number of aliphatic hydroxyl groups is 1.